The predicted molar refractivity (Wildman–Crippen MR) is 49.1 cm³/mol. The number of hydroxylamine groups is 2. The van der Waals surface area contributed by atoms with Crippen LogP contribution in [0, 0.1) is 5.41 Å². The fraction of sp³-hybridized carbons (Fsp3) is 1.00. The summed E-state index contributed by atoms with van der Waals surface area (Å²) in [5.41, 5.74) is 0.296. The van der Waals surface area contributed by atoms with Gasteiger partial charge in [-0.15, -0.1) is 0 Å². The quantitative estimate of drug-likeness (QED) is 0.612. The Kier molecular flexibility index (Phi) is 2.47. The molecule has 2 N–H and O–H groups in total. The lowest BCUT2D eigenvalue weighted by atomic mass is 9.69. The molecule has 72 valence electrons. The molecule has 0 amide bonds. The summed E-state index contributed by atoms with van der Waals surface area (Å²) in [6.07, 6.45) is 2.40. The van der Waals surface area contributed by atoms with E-state index in [9.17, 15) is 0 Å². The van der Waals surface area contributed by atoms with Crippen LogP contribution in [0.2, 0.25) is 0 Å². The van der Waals surface area contributed by atoms with Gasteiger partial charge in [-0.1, -0.05) is 13.8 Å². The van der Waals surface area contributed by atoms with Gasteiger partial charge in [0.15, 0.2) is 0 Å². The molecule has 12 heavy (non-hydrogen) atoms. The summed E-state index contributed by atoms with van der Waals surface area (Å²) in [5.74, 6) is 5.23. The van der Waals surface area contributed by atoms with E-state index in [1.807, 2.05) is 5.06 Å². The molecule has 0 bridgehead atoms. The molecule has 1 aliphatic rings. The fourth-order valence-corrected chi connectivity index (χ4v) is 1.77. The van der Waals surface area contributed by atoms with Gasteiger partial charge in [0.2, 0.25) is 0 Å². The minimum atomic E-state index is 0.0278. The standard InChI is InChI=1S/C9H20N2O/c1-8(2)6-5-7-11(12-10)9(8,3)4/h5-7,10H2,1-4H3. The molecule has 1 heterocycles. The van der Waals surface area contributed by atoms with E-state index in [1.54, 1.807) is 0 Å². The van der Waals surface area contributed by atoms with Crippen LogP contribution in [0.15, 0.2) is 0 Å². The molecular weight excluding hydrogens is 152 g/mol. The van der Waals surface area contributed by atoms with Gasteiger partial charge < -0.3 is 0 Å². The molecule has 0 aliphatic carbocycles. The third-order valence-electron chi connectivity index (χ3n) is 3.57. The first-order chi connectivity index (χ1) is 5.42. The van der Waals surface area contributed by atoms with E-state index in [2.05, 4.69) is 27.7 Å². The van der Waals surface area contributed by atoms with Crippen LogP contribution in [0.1, 0.15) is 40.5 Å². The number of hydrogen-bond donors (Lipinski definition) is 1. The second kappa shape index (κ2) is 2.98. The average Bonchev–Trinajstić information content (AvgIpc) is 1.95. The van der Waals surface area contributed by atoms with Gasteiger partial charge in [-0.3, -0.25) is 0 Å². The van der Waals surface area contributed by atoms with Gasteiger partial charge in [-0.05, 0) is 32.1 Å². The highest BCUT2D eigenvalue weighted by molar-refractivity contribution is 4.95. The molecule has 0 atom stereocenters. The molecular formula is C9H20N2O. The maximum atomic E-state index is 5.23. The molecule has 0 aromatic carbocycles. The largest absolute Gasteiger partial charge is 0.214 e. The molecule has 0 aromatic rings. The highest BCUT2D eigenvalue weighted by Gasteiger charge is 2.45. The molecule has 1 fully saturated rings. The summed E-state index contributed by atoms with van der Waals surface area (Å²) in [5, 5.41) is 1.89. The van der Waals surface area contributed by atoms with E-state index in [0.29, 0.717) is 0 Å². The van der Waals surface area contributed by atoms with Crippen LogP contribution in [0.4, 0.5) is 0 Å². The molecule has 3 nitrogen and oxygen atoms in total. The van der Waals surface area contributed by atoms with E-state index < -0.39 is 0 Å². The van der Waals surface area contributed by atoms with Gasteiger partial charge in [0.1, 0.15) is 0 Å². The Morgan fingerprint density at radius 2 is 1.83 bits per heavy atom. The third-order valence-corrected chi connectivity index (χ3v) is 3.57. The first kappa shape index (κ1) is 9.96. The average molecular weight is 172 g/mol. The Bertz CT molecular complexity index is 166. The van der Waals surface area contributed by atoms with Gasteiger partial charge in [0.05, 0.1) is 0 Å². The van der Waals surface area contributed by atoms with Crippen LogP contribution < -0.4 is 5.90 Å². The van der Waals surface area contributed by atoms with Crippen molar-refractivity contribution >= 4 is 0 Å². The number of nitrogens with zero attached hydrogens (tertiary/aromatic N) is 1. The van der Waals surface area contributed by atoms with Crippen LogP contribution >= 0.6 is 0 Å². The van der Waals surface area contributed by atoms with E-state index in [-0.39, 0.29) is 11.0 Å². The van der Waals surface area contributed by atoms with Crippen molar-refractivity contribution in [2.45, 2.75) is 46.1 Å². The highest BCUT2D eigenvalue weighted by Crippen LogP contribution is 2.42. The van der Waals surface area contributed by atoms with Gasteiger partial charge in [-0.2, -0.15) is 11.0 Å². The molecule has 0 aromatic heterocycles. The van der Waals surface area contributed by atoms with Crippen molar-refractivity contribution in [1.82, 2.24) is 5.06 Å². The van der Waals surface area contributed by atoms with E-state index >= 15 is 0 Å². The summed E-state index contributed by atoms with van der Waals surface area (Å²) in [7, 11) is 0. The zero-order chi connectivity index (χ0) is 9.41. The maximum absolute atomic E-state index is 5.23. The van der Waals surface area contributed by atoms with Gasteiger partial charge in [0.25, 0.3) is 0 Å². The second-order valence-corrected chi connectivity index (χ2v) is 4.75. The van der Waals surface area contributed by atoms with Crippen LogP contribution in [0.5, 0.6) is 0 Å². The lowest BCUT2D eigenvalue weighted by molar-refractivity contribution is -0.261. The molecule has 3 heteroatoms. The minimum Gasteiger partial charge on any atom is -0.214 e. The van der Waals surface area contributed by atoms with Crippen molar-refractivity contribution in [3.05, 3.63) is 0 Å². The molecule has 1 saturated heterocycles. The molecule has 1 aliphatic heterocycles. The zero-order valence-corrected chi connectivity index (χ0v) is 8.55. The smallest absolute Gasteiger partial charge is 0.0476 e. The van der Waals surface area contributed by atoms with E-state index in [4.69, 9.17) is 10.8 Å². The third kappa shape index (κ3) is 1.37. The van der Waals surface area contributed by atoms with Gasteiger partial charge in [0, 0.05) is 12.1 Å². The Hall–Kier alpha value is -0.120. The number of nitrogens with two attached hydrogens (primary N) is 1. The molecule has 0 saturated carbocycles. The summed E-state index contributed by atoms with van der Waals surface area (Å²) in [6.45, 7) is 9.82. The summed E-state index contributed by atoms with van der Waals surface area (Å²) in [4.78, 5) is 4.88. The number of rotatable bonds is 1. The lowest BCUT2D eigenvalue weighted by Gasteiger charge is -2.51. The zero-order valence-electron chi connectivity index (χ0n) is 8.55. The van der Waals surface area contributed by atoms with Crippen molar-refractivity contribution in [2.24, 2.45) is 11.3 Å². The normalized spacial score (nSPS) is 28.8. The van der Waals surface area contributed by atoms with Crippen LogP contribution in [-0.2, 0) is 4.94 Å². The molecule has 0 radical (unpaired) electrons. The Labute approximate surface area is 74.8 Å². The molecule has 0 spiro atoms. The van der Waals surface area contributed by atoms with Crippen LogP contribution in [0.3, 0.4) is 0 Å². The predicted octanol–water partition coefficient (Wildman–Crippen LogP) is 1.69. The Morgan fingerprint density at radius 1 is 1.25 bits per heavy atom. The monoisotopic (exact) mass is 172 g/mol. The molecule has 0 unspecified atom stereocenters. The maximum Gasteiger partial charge on any atom is 0.0476 e. The first-order valence-electron chi connectivity index (χ1n) is 4.56. The van der Waals surface area contributed by atoms with Crippen molar-refractivity contribution < 1.29 is 4.94 Å². The highest BCUT2D eigenvalue weighted by atomic mass is 16.8. The SMILES string of the molecule is CC1(C)CCCN(ON)C1(C)C. The van der Waals surface area contributed by atoms with Crippen molar-refractivity contribution in [3.8, 4) is 0 Å². The fourth-order valence-electron chi connectivity index (χ4n) is 1.77. The van der Waals surface area contributed by atoms with Gasteiger partial charge in [-0.25, -0.2) is 4.94 Å². The second-order valence-electron chi connectivity index (χ2n) is 4.75. The van der Waals surface area contributed by atoms with E-state index in [0.717, 1.165) is 13.0 Å². The van der Waals surface area contributed by atoms with Gasteiger partial charge >= 0.3 is 0 Å². The van der Waals surface area contributed by atoms with Crippen molar-refractivity contribution in [3.63, 3.8) is 0 Å². The van der Waals surface area contributed by atoms with E-state index in [1.165, 1.54) is 6.42 Å². The van der Waals surface area contributed by atoms with Crippen LogP contribution in [0.25, 0.3) is 0 Å². The first-order valence-corrected chi connectivity index (χ1v) is 4.56. The summed E-state index contributed by atoms with van der Waals surface area (Å²) >= 11 is 0. The van der Waals surface area contributed by atoms with Crippen LogP contribution in [-0.4, -0.2) is 17.1 Å². The van der Waals surface area contributed by atoms with Crippen molar-refractivity contribution in [1.29, 1.82) is 0 Å². The Balaban J connectivity index is 2.82. The number of piperidine rings is 1. The molecule has 1 rings (SSSR count). The number of hydrogen-bond acceptors (Lipinski definition) is 3. The summed E-state index contributed by atoms with van der Waals surface area (Å²) < 4.78 is 0. The van der Waals surface area contributed by atoms with Crippen molar-refractivity contribution in [2.75, 3.05) is 6.54 Å². The summed E-state index contributed by atoms with van der Waals surface area (Å²) in [6, 6.07) is 0. The lowest BCUT2D eigenvalue weighted by Crippen LogP contribution is -2.58. The Morgan fingerprint density at radius 3 is 2.25 bits per heavy atom. The topological polar surface area (TPSA) is 38.5 Å². The minimum absolute atomic E-state index is 0.0278.